The van der Waals surface area contributed by atoms with Crippen molar-refractivity contribution in [1.82, 2.24) is 10.2 Å². The second-order valence-corrected chi connectivity index (χ2v) is 7.50. The first-order valence-electron chi connectivity index (χ1n) is 10.2. The molecule has 30 heavy (non-hydrogen) atoms. The average molecular weight is 405 g/mol. The van der Waals surface area contributed by atoms with E-state index in [0.29, 0.717) is 6.54 Å². The number of rotatable bonds is 5. The Morgan fingerprint density at radius 2 is 1.67 bits per heavy atom. The van der Waals surface area contributed by atoms with Gasteiger partial charge in [-0.25, -0.2) is 4.39 Å². The molecule has 1 atom stereocenters. The number of amides is 2. The molecule has 0 aromatic heterocycles. The molecule has 3 aromatic rings. The molecule has 154 valence electrons. The van der Waals surface area contributed by atoms with Crippen LogP contribution >= 0.6 is 0 Å². The van der Waals surface area contributed by atoms with Gasteiger partial charge in [0.15, 0.2) is 0 Å². The zero-order valence-corrected chi connectivity index (χ0v) is 16.6. The van der Waals surface area contributed by atoms with Crippen LogP contribution in [0.1, 0.15) is 24.4 Å². The average Bonchev–Trinajstić information content (AvgIpc) is 3.28. The van der Waals surface area contributed by atoms with Crippen LogP contribution in [0.25, 0.3) is 10.8 Å². The second kappa shape index (κ2) is 9.05. The molecule has 0 aliphatic carbocycles. The van der Waals surface area contributed by atoms with Crippen LogP contribution in [0.2, 0.25) is 0 Å². The van der Waals surface area contributed by atoms with E-state index >= 15 is 0 Å². The third-order valence-corrected chi connectivity index (χ3v) is 5.51. The Morgan fingerprint density at radius 1 is 0.933 bits per heavy atom. The van der Waals surface area contributed by atoms with Gasteiger partial charge >= 0.3 is 11.8 Å². The van der Waals surface area contributed by atoms with Crippen molar-refractivity contribution >= 4 is 28.3 Å². The van der Waals surface area contributed by atoms with Crippen molar-refractivity contribution in [2.24, 2.45) is 0 Å². The van der Waals surface area contributed by atoms with Crippen LogP contribution in [-0.4, -0.2) is 36.3 Å². The topological polar surface area (TPSA) is 61.4 Å². The van der Waals surface area contributed by atoms with E-state index in [9.17, 15) is 14.0 Å². The SMILES string of the molecule is O=C(NC[C@@H](c1cccc2ccccc12)N1CCCC1)C(=O)Nc1cccc(F)c1. The van der Waals surface area contributed by atoms with Crippen LogP contribution in [0.5, 0.6) is 0 Å². The molecular weight excluding hydrogens is 381 g/mol. The van der Waals surface area contributed by atoms with Gasteiger partial charge in [-0.1, -0.05) is 48.5 Å². The van der Waals surface area contributed by atoms with E-state index in [4.69, 9.17) is 0 Å². The van der Waals surface area contributed by atoms with Crippen molar-refractivity contribution in [3.8, 4) is 0 Å². The van der Waals surface area contributed by atoms with Crippen molar-refractivity contribution in [2.75, 3.05) is 25.0 Å². The maximum atomic E-state index is 13.3. The predicted octanol–water partition coefficient (Wildman–Crippen LogP) is 3.87. The summed E-state index contributed by atoms with van der Waals surface area (Å²) in [5, 5.41) is 7.51. The van der Waals surface area contributed by atoms with Gasteiger partial charge in [0.25, 0.3) is 0 Å². The fourth-order valence-electron chi connectivity index (χ4n) is 4.05. The summed E-state index contributed by atoms with van der Waals surface area (Å²) >= 11 is 0. The van der Waals surface area contributed by atoms with Crippen LogP contribution in [-0.2, 0) is 9.59 Å². The summed E-state index contributed by atoms with van der Waals surface area (Å²) in [6, 6.07) is 19.8. The Kier molecular flexibility index (Phi) is 6.05. The molecule has 2 N–H and O–H groups in total. The molecular formula is C24H24FN3O2. The summed E-state index contributed by atoms with van der Waals surface area (Å²) in [6.07, 6.45) is 2.24. The molecule has 1 saturated heterocycles. The largest absolute Gasteiger partial charge is 0.346 e. The number of nitrogens with zero attached hydrogens (tertiary/aromatic N) is 1. The molecule has 5 nitrogen and oxygen atoms in total. The molecule has 2 amide bonds. The Hall–Kier alpha value is -3.25. The number of fused-ring (bicyclic) bond motifs is 1. The van der Waals surface area contributed by atoms with Crippen LogP contribution in [0, 0.1) is 5.82 Å². The van der Waals surface area contributed by atoms with E-state index in [-0.39, 0.29) is 11.7 Å². The van der Waals surface area contributed by atoms with Gasteiger partial charge in [0.1, 0.15) is 5.82 Å². The standard InChI is InChI=1S/C24H24FN3O2/c25-18-9-6-10-19(15-18)27-24(30)23(29)26-16-22(28-13-3-4-14-28)21-12-5-8-17-7-1-2-11-20(17)21/h1-2,5-12,15,22H,3-4,13-14,16H2,(H,26,29)(H,27,30)/t22-/m0/s1. The van der Waals surface area contributed by atoms with Gasteiger partial charge in [-0.05, 0) is 60.5 Å². The summed E-state index contributed by atoms with van der Waals surface area (Å²) in [5.41, 5.74) is 1.39. The molecule has 1 heterocycles. The zero-order chi connectivity index (χ0) is 20.9. The van der Waals surface area contributed by atoms with Crippen molar-refractivity contribution in [1.29, 1.82) is 0 Å². The molecule has 0 radical (unpaired) electrons. The van der Waals surface area contributed by atoms with Gasteiger partial charge in [-0.2, -0.15) is 0 Å². The van der Waals surface area contributed by atoms with Crippen molar-refractivity contribution in [3.05, 3.63) is 78.1 Å². The van der Waals surface area contributed by atoms with Crippen molar-refractivity contribution < 1.29 is 14.0 Å². The number of carbonyl (C=O) groups is 2. The number of hydrogen-bond acceptors (Lipinski definition) is 3. The lowest BCUT2D eigenvalue weighted by molar-refractivity contribution is -0.136. The van der Waals surface area contributed by atoms with E-state index in [1.54, 1.807) is 0 Å². The third-order valence-electron chi connectivity index (χ3n) is 5.51. The van der Waals surface area contributed by atoms with E-state index in [1.165, 1.54) is 24.3 Å². The fourth-order valence-corrected chi connectivity index (χ4v) is 4.05. The zero-order valence-electron chi connectivity index (χ0n) is 16.6. The number of nitrogens with one attached hydrogen (secondary N) is 2. The summed E-state index contributed by atoms with van der Waals surface area (Å²) in [5.74, 6) is -2.01. The second-order valence-electron chi connectivity index (χ2n) is 7.50. The molecule has 0 spiro atoms. The Labute approximate surface area is 174 Å². The monoisotopic (exact) mass is 405 g/mol. The summed E-state index contributed by atoms with van der Waals surface area (Å²) in [4.78, 5) is 27.0. The Bertz CT molecular complexity index is 1060. The molecule has 3 aromatic carbocycles. The van der Waals surface area contributed by atoms with Crippen LogP contribution in [0.4, 0.5) is 10.1 Å². The van der Waals surface area contributed by atoms with Crippen molar-refractivity contribution in [2.45, 2.75) is 18.9 Å². The lowest BCUT2D eigenvalue weighted by Crippen LogP contribution is -2.41. The fraction of sp³-hybridized carbons (Fsp3) is 0.250. The van der Waals surface area contributed by atoms with Crippen LogP contribution < -0.4 is 10.6 Å². The number of hydrogen-bond donors (Lipinski definition) is 2. The minimum Gasteiger partial charge on any atom is -0.346 e. The van der Waals surface area contributed by atoms with Gasteiger partial charge in [0, 0.05) is 12.2 Å². The molecule has 1 aliphatic rings. The minimum absolute atomic E-state index is 0.0236. The van der Waals surface area contributed by atoms with Crippen LogP contribution in [0.15, 0.2) is 66.7 Å². The number of carbonyl (C=O) groups excluding carboxylic acids is 2. The third kappa shape index (κ3) is 4.49. The maximum Gasteiger partial charge on any atom is 0.313 e. The number of halogens is 1. The minimum atomic E-state index is -0.807. The van der Waals surface area contributed by atoms with Gasteiger partial charge in [-0.3, -0.25) is 14.5 Å². The number of anilines is 1. The molecule has 0 saturated carbocycles. The first-order chi connectivity index (χ1) is 14.6. The van der Waals surface area contributed by atoms with Gasteiger partial charge in [0.2, 0.25) is 0 Å². The molecule has 6 heteroatoms. The quantitative estimate of drug-likeness (QED) is 0.634. The first kappa shape index (κ1) is 20.0. The van der Waals surface area contributed by atoms with Gasteiger partial charge in [0.05, 0.1) is 6.04 Å². The van der Waals surface area contributed by atoms with Gasteiger partial charge in [-0.15, -0.1) is 0 Å². The molecule has 0 bridgehead atoms. The smallest absolute Gasteiger partial charge is 0.313 e. The summed E-state index contributed by atoms with van der Waals surface area (Å²) in [7, 11) is 0. The molecule has 1 aliphatic heterocycles. The summed E-state index contributed by atoms with van der Waals surface area (Å²) in [6.45, 7) is 2.24. The highest BCUT2D eigenvalue weighted by atomic mass is 19.1. The van der Waals surface area contributed by atoms with E-state index in [0.717, 1.165) is 42.3 Å². The van der Waals surface area contributed by atoms with Gasteiger partial charge < -0.3 is 10.6 Å². The maximum absolute atomic E-state index is 13.3. The lowest BCUT2D eigenvalue weighted by Gasteiger charge is -2.29. The highest BCUT2D eigenvalue weighted by molar-refractivity contribution is 6.39. The molecule has 1 fully saturated rings. The van der Waals surface area contributed by atoms with E-state index in [2.05, 4.69) is 39.8 Å². The predicted molar refractivity (Wildman–Crippen MR) is 116 cm³/mol. The normalized spacial score (nSPS) is 15.1. The highest BCUT2D eigenvalue weighted by Gasteiger charge is 2.26. The van der Waals surface area contributed by atoms with E-state index < -0.39 is 17.6 Å². The first-order valence-corrected chi connectivity index (χ1v) is 10.2. The lowest BCUT2D eigenvalue weighted by atomic mass is 9.97. The summed E-state index contributed by atoms with van der Waals surface area (Å²) < 4.78 is 13.3. The number of benzene rings is 3. The molecule has 4 rings (SSSR count). The van der Waals surface area contributed by atoms with Crippen molar-refractivity contribution in [3.63, 3.8) is 0 Å². The van der Waals surface area contributed by atoms with Crippen LogP contribution in [0.3, 0.4) is 0 Å². The van der Waals surface area contributed by atoms with E-state index in [1.807, 2.05) is 18.2 Å². The Morgan fingerprint density at radius 3 is 2.47 bits per heavy atom. The highest BCUT2D eigenvalue weighted by Crippen LogP contribution is 2.30. The Balaban J connectivity index is 1.50. The molecule has 0 unspecified atom stereocenters. The number of likely N-dealkylation sites (tertiary alicyclic amines) is 1.